The van der Waals surface area contributed by atoms with E-state index in [1.54, 1.807) is 0 Å². The maximum atomic E-state index is 5.00. The summed E-state index contributed by atoms with van der Waals surface area (Å²) in [5, 5.41) is 2.53. The van der Waals surface area contributed by atoms with Gasteiger partial charge in [0.1, 0.15) is 16.1 Å². The molecule has 2 aromatic heterocycles. The third-order valence-electron chi connectivity index (χ3n) is 7.63. The second-order valence-corrected chi connectivity index (χ2v) is 10.6. The number of benzene rings is 5. The molecule has 0 fully saturated rings. The van der Waals surface area contributed by atoms with Gasteiger partial charge in [-0.25, -0.2) is 4.98 Å². The maximum Gasteiger partial charge on any atom is 0.119 e. The monoisotopic (exact) mass is 551 g/mol. The molecule has 7 aromatic rings. The molecule has 180 valence electrons. The third kappa shape index (κ3) is 3.17. The molecule has 38 heavy (non-hydrogen) atoms. The van der Waals surface area contributed by atoms with Gasteiger partial charge in [-0.3, -0.25) is 4.57 Å². The molecule has 1 aliphatic rings. The first-order valence-electron chi connectivity index (χ1n) is 12.8. The van der Waals surface area contributed by atoms with E-state index in [1.165, 1.54) is 49.9 Å². The lowest BCUT2D eigenvalue weighted by Gasteiger charge is -2.10. The number of rotatable bonds is 3. The summed E-state index contributed by atoms with van der Waals surface area (Å²) >= 11 is 3.87. The zero-order chi connectivity index (χ0) is 25.2. The Kier molecular flexibility index (Phi) is 4.73. The molecule has 0 bridgehead atoms. The molecule has 0 unspecified atom stereocenters. The number of fused-ring (bicyclic) bond motifs is 6. The smallest absolute Gasteiger partial charge is 0.119 e. The minimum atomic E-state index is 0.838. The molecule has 0 saturated heterocycles. The van der Waals surface area contributed by atoms with Gasteiger partial charge in [-0.05, 0) is 69.0 Å². The predicted molar refractivity (Wildman–Crippen MR) is 159 cm³/mol. The number of nitrogens with zero attached hydrogens (tertiary/aromatic N) is 3. The van der Waals surface area contributed by atoms with Crippen molar-refractivity contribution in [2.75, 3.05) is 0 Å². The molecule has 0 aliphatic carbocycles. The highest BCUT2D eigenvalue weighted by Crippen LogP contribution is 2.40. The maximum absolute atomic E-state index is 5.00. The van der Waals surface area contributed by atoms with Crippen LogP contribution in [-0.4, -0.2) is 14.1 Å². The molecule has 5 aromatic carbocycles. The first-order chi connectivity index (χ1) is 18.8. The standard InChI is InChI=1S/C34H22BrN3/c35-34-33(22-9-3-1-4-10-22)36-32-21-25-16-15-24(20-31(25)38(32)34)23-17-18-30-28(19-23)27-13-7-8-14-29(27)37(30)26-11-5-2-6-12-26/h1-20H,21H2. The van der Waals surface area contributed by atoms with Crippen LogP contribution < -0.4 is 0 Å². The Morgan fingerprint density at radius 1 is 0.579 bits per heavy atom. The lowest BCUT2D eigenvalue weighted by Crippen LogP contribution is -1.94. The minimum absolute atomic E-state index is 0.838. The number of hydrogen-bond donors (Lipinski definition) is 0. The summed E-state index contributed by atoms with van der Waals surface area (Å²) in [7, 11) is 0. The van der Waals surface area contributed by atoms with E-state index < -0.39 is 0 Å². The number of para-hydroxylation sites is 2. The van der Waals surface area contributed by atoms with Crippen LogP contribution in [0.4, 0.5) is 0 Å². The Morgan fingerprint density at radius 3 is 2.11 bits per heavy atom. The fourth-order valence-corrected chi connectivity index (χ4v) is 6.58. The second-order valence-electron chi connectivity index (χ2n) is 9.81. The van der Waals surface area contributed by atoms with Crippen LogP contribution in [0.2, 0.25) is 0 Å². The molecule has 4 heteroatoms. The predicted octanol–water partition coefficient (Wildman–Crippen LogP) is 8.97. The summed E-state index contributed by atoms with van der Waals surface area (Å²) in [6, 6.07) is 43.3. The average molecular weight is 552 g/mol. The van der Waals surface area contributed by atoms with Gasteiger partial charge in [0.25, 0.3) is 0 Å². The molecule has 0 atom stereocenters. The van der Waals surface area contributed by atoms with Crippen molar-refractivity contribution in [3.63, 3.8) is 0 Å². The van der Waals surface area contributed by atoms with E-state index >= 15 is 0 Å². The topological polar surface area (TPSA) is 22.8 Å². The largest absolute Gasteiger partial charge is 0.309 e. The fraction of sp³-hybridized carbons (Fsp3) is 0.0294. The van der Waals surface area contributed by atoms with E-state index in [4.69, 9.17) is 4.98 Å². The first kappa shape index (κ1) is 21.7. The van der Waals surface area contributed by atoms with E-state index in [9.17, 15) is 0 Å². The quantitative estimate of drug-likeness (QED) is 0.215. The van der Waals surface area contributed by atoms with E-state index in [1.807, 2.05) is 6.07 Å². The van der Waals surface area contributed by atoms with Crippen LogP contribution in [0.25, 0.3) is 55.6 Å². The lowest BCUT2D eigenvalue weighted by molar-refractivity contribution is 0.982. The van der Waals surface area contributed by atoms with Gasteiger partial charge >= 0.3 is 0 Å². The molecule has 0 radical (unpaired) electrons. The summed E-state index contributed by atoms with van der Waals surface area (Å²) < 4.78 is 5.63. The van der Waals surface area contributed by atoms with Gasteiger partial charge in [0, 0.05) is 28.4 Å². The molecule has 0 amide bonds. The van der Waals surface area contributed by atoms with Crippen LogP contribution in [0.1, 0.15) is 11.4 Å². The number of aromatic nitrogens is 3. The van der Waals surface area contributed by atoms with E-state index in [-0.39, 0.29) is 0 Å². The molecular weight excluding hydrogens is 530 g/mol. The third-order valence-corrected chi connectivity index (χ3v) is 8.36. The fourth-order valence-electron chi connectivity index (χ4n) is 5.87. The SMILES string of the molecule is Brc1c(-c2ccccc2)nc2n1-c1cc(-c3ccc4c(c3)c3ccccc3n4-c3ccccc3)ccc1C2. The molecule has 0 saturated carbocycles. The molecule has 3 nitrogen and oxygen atoms in total. The lowest BCUT2D eigenvalue weighted by atomic mass is 10.00. The highest BCUT2D eigenvalue weighted by molar-refractivity contribution is 9.10. The summed E-state index contributed by atoms with van der Waals surface area (Å²) in [5.41, 5.74) is 10.7. The Balaban J connectivity index is 1.28. The van der Waals surface area contributed by atoms with Crippen molar-refractivity contribution in [1.29, 1.82) is 0 Å². The molecule has 1 aliphatic heterocycles. The summed E-state index contributed by atoms with van der Waals surface area (Å²) in [4.78, 5) is 5.00. The summed E-state index contributed by atoms with van der Waals surface area (Å²) in [5.74, 6) is 1.07. The van der Waals surface area contributed by atoms with Crippen LogP contribution in [0.15, 0.2) is 126 Å². The van der Waals surface area contributed by atoms with Crippen molar-refractivity contribution < 1.29 is 0 Å². The highest BCUT2D eigenvalue weighted by Gasteiger charge is 2.26. The van der Waals surface area contributed by atoms with Crippen molar-refractivity contribution >= 4 is 37.7 Å². The van der Waals surface area contributed by atoms with Crippen molar-refractivity contribution in [3.8, 4) is 33.8 Å². The first-order valence-corrected chi connectivity index (χ1v) is 13.6. The van der Waals surface area contributed by atoms with Crippen LogP contribution in [0.5, 0.6) is 0 Å². The van der Waals surface area contributed by atoms with Crippen molar-refractivity contribution in [2.45, 2.75) is 6.42 Å². The zero-order valence-corrected chi connectivity index (χ0v) is 22.1. The summed E-state index contributed by atoms with van der Waals surface area (Å²) in [6.45, 7) is 0. The van der Waals surface area contributed by atoms with Crippen LogP contribution in [0, 0.1) is 0 Å². The zero-order valence-electron chi connectivity index (χ0n) is 20.5. The number of hydrogen-bond acceptors (Lipinski definition) is 1. The van der Waals surface area contributed by atoms with Crippen molar-refractivity contribution in [1.82, 2.24) is 14.1 Å². The molecule has 3 heterocycles. The molecule has 0 N–H and O–H groups in total. The average Bonchev–Trinajstić information content (AvgIpc) is 3.61. The highest BCUT2D eigenvalue weighted by atomic mass is 79.9. The van der Waals surface area contributed by atoms with Gasteiger partial charge in [-0.15, -0.1) is 0 Å². The van der Waals surface area contributed by atoms with Gasteiger partial charge in [0.15, 0.2) is 0 Å². The van der Waals surface area contributed by atoms with Crippen LogP contribution in [-0.2, 0) is 6.42 Å². The van der Waals surface area contributed by atoms with Gasteiger partial charge < -0.3 is 4.57 Å². The Labute approximate surface area is 228 Å². The van der Waals surface area contributed by atoms with Gasteiger partial charge in [0.2, 0.25) is 0 Å². The van der Waals surface area contributed by atoms with Gasteiger partial charge in [0.05, 0.1) is 16.7 Å². The van der Waals surface area contributed by atoms with E-state index in [2.05, 4.69) is 140 Å². The van der Waals surface area contributed by atoms with Gasteiger partial charge in [-0.1, -0.05) is 84.9 Å². The van der Waals surface area contributed by atoms with Gasteiger partial charge in [-0.2, -0.15) is 0 Å². The second kappa shape index (κ2) is 8.30. The minimum Gasteiger partial charge on any atom is -0.309 e. The van der Waals surface area contributed by atoms with Crippen molar-refractivity contribution in [3.05, 3.63) is 137 Å². The normalized spacial score (nSPS) is 12.2. The number of imidazole rings is 1. The van der Waals surface area contributed by atoms with Crippen molar-refractivity contribution in [2.24, 2.45) is 0 Å². The number of halogens is 1. The van der Waals surface area contributed by atoms with E-state index in [0.29, 0.717) is 0 Å². The molecular formula is C34H22BrN3. The Hall–Kier alpha value is -4.41. The molecule has 8 rings (SSSR count). The summed E-state index contributed by atoms with van der Waals surface area (Å²) in [6.07, 6.45) is 0.838. The molecule has 0 spiro atoms. The Morgan fingerprint density at radius 2 is 1.26 bits per heavy atom. The van der Waals surface area contributed by atoms with E-state index in [0.717, 1.165) is 28.1 Å². The van der Waals surface area contributed by atoms with Crippen LogP contribution >= 0.6 is 15.9 Å². The Bertz CT molecular complexity index is 2000. The van der Waals surface area contributed by atoms with Crippen LogP contribution in [0.3, 0.4) is 0 Å².